The van der Waals surface area contributed by atoms with Crippen molar-refractivity contribution >= 4 is 5.91 Å². The number of carbonyl (C=O) groups is 1. The van der Waals surface area contributed by atoms with Crippen molar-refractivity contribution in [2.45, 2.75) is 39.8 Å². The predicted molar refractivity (Wildman–Crippen MR) is 95.6 cm³/mol. The highest BCUT2D eigenvalue weighted by Crippen LogP contribution is 2.27. The fourth-order valence-corrected chi connectivity index (χ4v) is 2.68. The van der Waals surface area contributed by atoms with Crippen LogP contribution in [0.1, 0.15) is 36.6 Å². The molecule has 0 radical (unpaired) electrons. The zero-order valence-electron chi connectivity index (χ0n) is 14.9. The molecular formula is C20H25NO3. The summed E-state index contributed by atoms with van der Waals surface area (Å²) in [6.45, 7) is 7.82. The van der Waals surface area contributed by atoms with Crippen LogP contribution < -0.4 is 14.8 Å². The lowest BCUT2D eigenvalue weighted by molar-refractivity contribution is -0.127. The zero-order chi connectivity index (χ0) is 17.7. The summed E-state index contributed by atoms with van der Waals surface area (Å²) in [5.74, 6) is 1.01. The molecule has 2 atom stereocenters. The number of rotatable bonds is 6. The Hall–Kier alpha value is -2.49. The molecule has 0 aromatic heterocycles. The molecule has 0 heterocycles. The molecule has 2 rings (SSSR count). The van der Waals surface area contributed by atoms with Crippen LogP contribution in [0.15, 0.2) is 42.5 Å². The Kier molecular flexibility index (Phi) is 5.85. The second-order valence-corrected chi connectivity index (χ2v) is 6.00. The van der Waals surface area contributed by atoms with E-state index in [0.717, 1.165) is 5.56 Å². The van der Waals surface area contributed by atoms with Crippen molar-refractivity contribution in [3.05, 3.63) is 59.2 Å². The van der Waals surface area contributed by atoms with Gasteiger partial charge in [0.05, 0.1) is 13.2 Å². The number of methoxy groups -OCH3 is 1. The highest BCUT2D eigenvalue weighted by atomic mass is 16.5. The van der Waals surface area contributed by atoms with Gasteiger partial charge in [0, 0.05) is 0 Å². The summed E-state index contributed by atoms with van der Waals surface area (Å²) in [6, 6.07) is 13.4. The summed E-state index contributed by atoms with van der Waals surface area (Å²) in [4.78, 5) is 12.4. The van der Waals surface area contributed by atoms with Crippen molar-refractivity contribution in [3.63, 3.8) is 0 Å². The van der Waals surface area contributed by atoms with Crippen molar-refractivity contribution in [2.24, 2.45) is 0 Å². The van der Waals surface area contributed by atoms with Crippen LogP contribution >= 0.6 is 0 Å². The van der Waals surface area contributed by atoms with Gasteiger partial charge in [0.2, 0.25) is 0 Å². The third kappa shape index (κ3) is 4.28. The van der Waals surface area contributed by atoms with Gasteiger partial charge in [0.1, 0.15) is 0 Å². The summed E-state index contributed by atoms with van der Waals surface area (Å²) in [5, 5.41) is 3.01. The lowest BCUT2D eigenvalue weighted by Gasteiger charge is -2.21. The van der Waals surface area contributed by atoms with Gasteiger partial charge in [-0.3, -0.25) is 4.79 Å². The normalized spacial score (nSPS) is 13.0. The summed E-state index contributed by atoms with van der Waals surface area (Å²) >= 11 is 0. The molecule has 0 fully saturated rings. The number of aryl methyl sites for hydroxylation is 2. The Morgan fingerprint density at radius 2 is 1.71 bits per heavy atom. The molecular weight excluding hydrogens is 302 g/mol. The summed E-state index contributed by atoms with van der Waals surface area (Å²) in [6.07, 6.45) is -0.616. The minimum absolute atomic E-state index is 0.0816. The molecule has 0 unspecified atom stereocenters. The molecule has 0 aliphatic rings. The number of para-hydroxylation sites is 2. The van der Waals surface area contributed by atoms with Crippen LogP contribution in [0.2, 0.25) is 0 Å². The van der Waals surface area contributed by atoms with Gasteiger partial charge >= 0.3 is 0 Å². The molecule has 0 bridgehead atoms. The molecule has 128 valence electrons. The standard InChI is InChI=1S/C20H25NO3/c1-13-10-11-17(14(2)12-13)15(3)21-20(22)16(4)24-19-9-7-6-8-18(19)23-5/h6-12,15-16H,1-5H3,(H,21,22)/t15-,16+/m1/s1. The highest BCUT2D eigenvalue weighted by molar-refractivity contribution is 5.81. The van der Waals surface area contributed by atoms with Gasteiger partial charge in [-0.2, -0.15) is 0 Å². The first-order valence-electron chi connectivity index (χ1n) is 8.09. The van der Waals surface area contributed by atoms with Crippen LogP contribution in [0.5, 0.6) is 11.5 Å². The van der Waals surface area contributed by atoms with E-state index in [-0.39, 0.29) is 11.9 Å². The van der Waals surface area contributed by atoms with Gasteiger partial charge < -0.3 is 14.8 Å². The van der Waals surface area contributed by atoms with Gasteiger partial charge in [-0.1, -0.05) is 35.9 Å². The lowest BCUT2D eigenvalue weighted by Crippen LogP contribution is -2.38. The van der Waals surface area contributed by atoms with E-state index in [4.69, 9.17) is 9.47 Å². The number of benzene rings is 2. The fraction of sp³-hybridized carbons (Fsp3) is 0.350. The average Bonchev–Trinajstić information content (AvgIpc) is 2.55. The quantitative estimate of drug-likeness (QED) is 0.874. The van der Waals surface area contributed by atoms with Crippen LogP contribution in [0.4, 0.5) is 0 Å². The largest absolute Gasteiger partial charge is 0.493 e. The Morgan fingerprint density at radius 3 is 2.33 bits per heavy atom. The van der Waals surface area contributed by atoms with Crippen LogP contribution in [0.3, 0.4) is 0 Å². The van der Waals surface area contributed by atoms with Gasteiger partial charge in [-0.15, -0.1) is 0 Å². The summed E-state index contributed by atoms with van der Waals surface area (Å²) in [7, 11) is 1.58. The van der Waals surface area contributed by atoms with Crippen LogP contribution in [0, 0.1) is 13.8 Å². The smallest absolute Gasteiger partial charge is 0.261 e. The van der Waals surface area contributed by atoms with Gasteiger partial charge in [-0.05, 0) is 51.0 Å². The Labute approximate surface area is 143 Å². The maximum atomic E-state index is 12.4. The van der Waals surface area contributed by atoms with Gasteiger partial charge in [-0.25, -0.2) is 0 Å². The van der Waals surface area contributed by atoms with E-state index < -0.39 is 6.10 Å². The van der Waals surface area contributed by atoms with Crippen LogP contribution in [-0.2, 0) is 4.79 Å². The first-order valence-corrected chi connectivity index (χ1v) is 8.09. The second-order valence-electron chi connectivity index (χ2n) is 6.00. The Balaban J connectivity index is 2.03. The Morgan fingerprint density at radius 1 is 1.04 bits per heavy atom. The second kappa shape index (κ2) is 7.86. The number of nitrogens with one attached hydrogen (secondary N) is 1. The molecule has 24 heavy (non-hydrogen) atoms. The number of carbonyl (C=O) groups excluding carboxylic acids is 1. The van der Waals surface area contributed by atoms with E-state index in [1.165, 1.54) is 11.1 Å². The lowest BCUT2D eigenvalue weighted by atomic mass is 10.0. The van der Waals surface area contributed by atoms with Crippen LogP contribution in [-0.4, -0.2) is 19.1 Å². The average molecular weight is 327 g/mol. The first kappa shape index (κ1) is 17.9. The van der Waals surface area contributed by atoms with Crippen molar-refractivity contribution in [3.8, 4) is 11.5 Å². The van der Waals surface area contributed by atoms with E-state index in [9.17, 15) is 4.79 Å². The van der Waals surface area contributed by atoms with E-state index in [1.807, 2.05) is 19.1 Å². The number of hydrogen-bond acceptors (Lipinski definition) is 3. The summed E-state index contributed by atoms with van der Waals surface area (Å²) in [5.41, 5.74) is 3.49. The topological polar surface area (TPSA) is 47.6 Å². The van der Waals surface area contributed by atoms with Crippen molar-refractivity contribution < 1.29 is 14.3 Å². The minimum atomic E-state index is -0.616. The minimum Gasteiger partial charge on any atom is -0.493 e. The number of amides is 1. The van der Waals surface area contributed by atoms with Crippen molar-refractivity contribution in [1.82, 2.24) is 5.32 Å². The third-order valence-corrected chi connectivity index (χ3v) is 3.99. The molecule has 0 aliphatic carbocycles. The molecule has 0 aliphatic heterocycles. The molecule has 2 aromatic rings. The fourth-order valence-electron chi connectivity index (χ4n) is 2.68. The van der Waals surface area contributed by atoms with E-state index in [2.05, 4.69) is 37.4 Å². The molecule has 0 spiro atoms. The third-order valence-electron chi connectivity index (χ3n) is 3.99. The van der Waals surface area contributed by atoms with Crippen LogP contribution in [0.25, 0.3) is 0 Å². The van der Waals surface area contributed by atoms with Gasteiger partial charge in [0.15, 0.2) is 17.6 Å². The maximum Gasteiger partial charge on any atom is 0.261 e. The predicted octanol–water partition coefficient (Wildman–Crippen LogP) is 3.96. The molecule has 0 saturated carbocycles. The first-order chi connectivity index (χ1) is 11.4. The molecule has 1 amide bonds. The molecule has 1 N–H and O–H groups in total. The molecule has 4 heteroatoms. The molecule has 0 saturated heterocycles. The van der Waals surface area contributed by atoms with E-state index in [0.29, 0.717) is 11.5 Å². The monoisotopic (exact) mass is 327 g/mol. The number of ether oxygens (including phenoxy) is 2. The van der Waals surface area contributed by atoms with Crippen molar-refractivity contribution in [2.75, 3.05) is 7.11 Å². The van der Waals surface area contributed by atoms with E-state index >= 15 is 0 Å². The zero-order valence-corrected chi connectivity index (χ0v) is 14.9. The van der Waals surface area contributed by atoms with Gasteiger partial charge in [0.25, 0.3) is 5.91 Å². The maximum absolute atomic E-state index is 12.4. The molecule has 2 aromatic carbocycles. The number of hydrogen-bond donors (Lipinski definition) is 1. The van der Waals surface area contributed by atoms with Crippen molar-refractivity contribution in [1.29, 1.82) is 0 Å². The molecule has 4 nitrogen and oxygen atoms in total. The summed E-state index contributed by atoms with van der Waals surface area (Å²) < 4.78 is 11.0. The van der Waals surface area contributed by atoms with E-state index in [1.54, 1.807) is 26.2 Å². The Bertz CT molecular complexity index is 712. The highest BCUT2D eigenvalue weighted by Gasteiger charge is 2.19. The SMILES string of the molecule is COc1ccccc1O[C@@H](C)C(=O)N[C@H](C)c1ccc(C)cc1C.